The molecule has 0 aliphatic heterocycles. The summed E-state index contributed by atoms with van der Waals surface area (Å²) in [5, 5.41) is 2.12. The number of aromatic nitrogens is 1. The number of thiazole rings is 1. The number of rotatable bonds is 25. The van der Waals surface area contributed by atoms with Gasteiger partial charge in [0.1, 0.15) is 6.54 Å². The average Bonchev–Trinajstić information content (AvgIpc) is 3.33. The van der Waals surface area contributed by atoms with Crippen LogP contribution in [0, 0.1) is 0 Å². The SMILES string of the molecule is CCCCCCCCCCCCCCCCCCOC(CC)OCCCC[n+]1ccsc1.[I-]. The summed E-state index contributed by atoms with van der Waals surface area (Å²) < 4.78 is 14.1. The molecule has 0 N–H and O–H groups in total. The van der Waals surface area contributed by atoms with Crippen LogP contribution in [0.15, 0.2) is 17.1 Å². The van der Waals surface area contributed by atoms with Crippen LogP contribution < -0.4 is 28.5 Å². The highest BCUT2D eigenvalue weighted by atomic mass is 127. The first-order valence-corrected chi connectivity index (χ1v) is 15.0. The van der Waals surface area contributed by atoms with E-state index in [1.54, 1.807) is 11.3 Å². The molecule has 0 fully saturated rings. The van der Waals surface area contributed by atoms with Crippen molar-refractivity contribution >= 4 is 11.3 Å². The second-order valence-corrected chi connectivity index (χ2v) is 10.1. The molecule has 3 nitrogen and oxygen atoms in total. The maximum absolute atomic E-state index is 5.94. The van der Waals surface area contributed by atoms with Gasteiger partial charge in [-0.1, -0.05) is 121 Å². The van der Waals surface area contributed by atoms with Crippen molar-refractivity contribution in [2.75, 3.05) is 13.2 Å². The largest absolute Gasteiger partial charge is 1.00 e. The Hall–Kier alpha value is 0.280. The summed E-state index contributed by atoms with van der Waals surface area (Å²) in [4.78, 5) is 0. The van der Waals surface area contributed by atoms with Gasteiger partial charge in [-0.05, 0) is 19.3 Å². The van der Waals surface area contributed by atoms with Crippen LogP contribution in [0.1, 0.15) is 136 Å². The molecule has 5 heteroatoms. The minimum atomic E-state index is -0.0138. The van der Waals surface area contributed by atoms with Crippen molar-refractivity contribution in [3.63, 3.8) is 0 Å². The molecule has 33 heavy (non-hydrogen) atoms. The minimum absolute atomic E-state index is 0. The van der Waals surface area contributed by atoms with Gasteiger partial charge >= 0.3 is 0 Å². The maximum atomic E-state index is 5.94. The van der Waals surface area contributed by atoms with Crippen LogP contribution in [0.3, 0.4) is 0 Å². The molecule has 1 aromatic heterocycles. The van der Waals surface area contributed by atoms with Crippen LogP contribution in [0.2, 0.25) is 0 Å². The summed E-state index contributed by atoms with van der Waals surface area (Å²) in [6.07, 6.45) is 27.8. The number of hydrogen-bond acceptors (Lipinski definition) is 3. The van der Waals surface area contributed by atoms with Gasteiger partial charge in [0, 0.05) is 19.6 Å². The first-order chi connectivity index (χ1) is 15.9. The zero-order valence-electron chi connectivity index (χ0n) is 21.9. The van der Waals surface area contributed by atoms with Crippen LogP contribution in [-0.4, -0.2) is 19.5 Å². The van der Waals surface area contributed by atoms with E-state index >= 15 is 0 Å². The molecule has 0 aromatic carbocycles. The van der Waals surface area contributed by atoms with Gasteiger partial charge in [-0.2, -0.15) is 4.57 Å². The van der Waals surface area contributed by atoms with E-state index < -0.39 is 0 Å². The first kappa shape index (κ1) is 33.3. The van der Waals surface area contributed by atoms with Gasteiger partial charge < -0.3 is 33.5 Å². The fourth-order valence-corrected chi connectivity index (χ4v) is 4.78. The second-order valence-electron chi connectivity index (χ2n) is 9.35. The standard InChI is InChI=1S/C28H54NO2S.HI/c1-3-5-6-7-8-9-10-11-12-13-14-15-16-17-18-20-24-30-28(4-2)31-25-21-19-22-29-23-26-32-27-29;/h23,26-28H,3-22,24-25H2,1-2H3;1H/q+1;/p-1. The highest BCUT2D eigenvalue weighted by Gasteiger charge is 2.07. The molecule has 0 aliphatic rings. The molecule has 1 aromatic rings. The predicted octanol–water partition coefficient (Wildman–Crippen LogP) is 5.85. The molecule has 0 bridgehead atoms. The molecule has 1 heterocycles. The summed E-state index contributed by atoms with van der Waals surface area (Å²) in [6, 6.07) is 0. The van der Waals surface area contributed by atoms with Crippen molar-refractivity contribution in [3.8, 4) is 0 Å². The van der Waals surface area contributed by atoms with E-state index in [9.17, 15) is 0 Å². The first-order valence-electron chi connectivity index (χ1n) is 14.0. The van der Waals surface area contributed by atoms with E-state index in [0.29, 0.717) is 0 Å². The molecular weight excluding hydrogens is 541 g/mol. The fraction of sp³-hybridized carbons (Fsp3) is 0.893. The van der Waals surface area contributed by atoms with Gasteiger partial charge in [0.05, 0.1) is 5.38 Å². The third-order valence-corrected chi connectivity index (χ3v) is 6.95. The smallest absolute Gasteiger partial charge is 0.224 e. The van der Waals surface area contributed by atoms with E-state index in [4.69, 9.17) is 9.47 Å². The van der Waals surface area contributed by atoms with Gasteiger partial charge in [0.2, 0.25) is 5.51 Å². The third-order valence-electron chi connectivity index (χ3n) is 6.28. The van der Waals surface area contributed by atoms with Crippen molar-refractivity contribution in [1.29, 1.82) is 0 Å². The van der Waals surface area contributed by atoms with E-state index in [0.717, 1.165) is 39.0 Å². The lowest BCUT2D eigenvalue weighted by Crippen LogP contribution is -3.00. The Morgan fingerprint density at radius 1 is 0.636 bits per heavy atom. The number of unbranched alkanes of at least 4 members (excludes halogenated alkanes) is 16. The molecule has 0 aliphatic carbocycles. The zero-order valence-corrected chi connectivity index (χ0v) is 24.9. The lowest BCUT2D eigenvalue weighted by Gasteiger charge is -2.16. The van der Waals surface area contributed by atoms with Crippen molar-refractivity contribution in [3.05, 3.63) is 17.1 Å². The second kappa shape index (κ2) is 26.9. The van der Waals surface area contributed by atoms with E-state index in [-0.39, 0.29) is 30.3 Å². The van der Waals surface area contributed by atoms with Crippen molar-refractivity contribution in [2.24, 2.45) is 0 Å². The number of nitrogens with zero attached hydrogens (tertiary/aromatic N) is 1. The van der Waals surface area contributed by atoms with Crippen LogP contribution >= 0.6 is 11.3 Å². The Labute approximate surface area is 227 Å². The summed E-state index contributed by atoms with van der Waals surface area (Å²) in [5.41, 5.74) is 2.16. The van der Waals surface area contributed by atoms with Crippen molar-refractivity contribution in [2.45, 2.75) is 149 Å². The van der Waals surface area contributed by atoms with Gasteiger partial charge in [-0.3, -0.25) is 0 Å². The summed E-state index contributed by atoms with van der Waals surface area (Å²) in [5.74, 6) is 0. The molecule has 196 valence electrons. The van der Waals surface area contributed by atoms with Gasteiger partial charge in [-0.15, -0.1) is 0 Å². The highest BCUT2D eigenvalue weighted by Crippen LogP contribution is 2.14. The van der Waals surface area contributed by atoms with Crippen LogP contribution in [0.25, 0.3) is 0 Å². The monoisotopic (exact) mass is 595 g/mol. The Bertz CT molecular complexity index is 472. The third kappa shape index (κ3) is 22.5. The molecular formula is C28H54INO2S. The van der Waals surface area contributed by atoms with Crippen molar-refractivity contribution < 1.29 is 38.0 Å². The van der Waals surface area contributed by atoms with E-state index in [2.05, 4.69) is 35.5 Å². The van der Waals surface area contributed by atoms with Crippen LogP contribution in [0.4, 0.5) is 0 Å². The van der Waals surface area contributed by atoms with Crippen LogP contribution in [-0.2, 0) is 16.0 Å². The summed E-state index contributed by atoms with van der Waals surface area (Å²) in [6.45, 7) is 7.19. The molecule has 0 radical (unpaired) electrons. The molecule has 1 unspecified atom stereocenters. The summed E-state index contributed by atoms with van der Waals surface area (Å²) in [7, 11) is 0. The summed E-state index contributed by atoms with van der Waals surface area (Å²) >= 11 is 1.75. The molecule has 0 saturated heterocycles. The van der Waals surface area contributed by atoms with Gasteiger partial charge in [0.25, 0.3) is 0 Å². The molecule has 1 rings (SSSR count). The topological polar surface area (TPSA) is 22.3 Å². The number of ether oxygens (including phenoxy) is 2. The normalized spacial score (nSPS) is 12.1. The fourth-order valence-electron chi connectivity index (χ4n) is 4.15. The lowest BCUT2D eigenvalue weighted by molar-refractivity contribution is -0.692. The predicted molar refractivity (Wildman–Crippen MR) is 139 cm³/mol. The number of halogens is 1. The Balaban J connectivity index is 0.0000102. The Morgan fingerprint density at radius 3 is 1.52 bits per heavy atom. The molecule has 1 atom stereocenters. The highest BCUT2D eigenvalue weighted by molar-refractivity contribution is 7.07. The van der Waals surface area contributed by atoms with Gasteiger partial charge in [0.15, 0.2) is 12.5 Å². The molecule has 0 amide bonds. The number of hydrogen-bond donors (Lipinski definition) is 0. The quantitative estimate of drug-likeness (QED) is 0.0613. The Morgan fingerprint density at radius 2 is 1.09 bits per heavy atom. The number of aryl methyl sites for hydroxylation is 1. The molecule has 0 saturated carbocycles. The van der Waals surface area contributed by atoms with E-state index in [1.165, 1.54) is 103 Å². The Kier molecular flexibility index (Phi) is 27.1. The lowest BCUT2D eigenvalue weighted by atomic mass is 10.0. The van der Waals surface area contributed by atoms with E-state index in [1.807, 2.05) is 0 Å². The van der Waals surface area contributed by atoms with Crippen LogP contribution in [0.5, 0.6) is 0 Å². The molecule has 0 spiro atoms. The zero-order chi connectivity index (χ0) is 23.0. The average molecular weight is 596 g/mol. The van der Waals surface area contributed by atoms with Crippen molar-refractivity contribution in [1.82, 2.24) is 0 Å². The minimum Gasteiger partial charge on any atom is -1.00 e. The van der Waals surface area contributed by atoms with Gasteiger partial charge in [-0.25, -0.2) is 0 Å². The maximum Gasteiger partial charge on any atom is 0.224 e.